The van der Waals surface area contributed by atoms with Gasteiger partial charge in [-0.25, -0.2) is 4.79 Å². The zero-order valence-corrected chi connectivity index (χ0v) is 11.8. The van der Waals surface area contributed by atoms with Crippen LogP contribution >= 0.6 is 11.3 Å². The second kappa shape index (κ2) is 5.71. The molecule has 1 aromatic rings. The van der Waals surface area contributed by atoms with Crippen molar-refractivity contribution in [3.63, 3.8) is 0 Å². The number of carboxylic acid groups (broad SMARTS) is 1. The Balaban J connectivity index is 2.18. The quantitative estimate of drug-likeness (QED) is 0.922. The summed E-state index contributed by atoms with van der Waals surface area (Å²) in [5.41, 5.74) is 0. The first-order chi connectivity index (χ1) is 9.02. The molecule has 1 saturated heterocycles. The summed E-state index contributed by atoms with van der Waals surface area (Å²) in [5, 5.41) is 8.90. The first-order valence-corrected chi connectivity index (χ1v) is 7.10. The molecule has 2 unspecified atom stereocenters. The van der Waals surface area contributed by atoms with E-state index in [1.165, 1.54) is 6.07 Å². The summed E-state index contributed by atoms with van der Waals surface area (Å²) >= 11 is 1.02. The first-order valence-electron chi connectivity index (χ1n) is 6.28. The van der Waals surface area contributed by atoms with Crippen LogP contribution in [0.5, 0.6) is 0 Å². The zero-order valence-electron chi connectivity index (χ0n) is 11.0. The van der Waals surface area contributed by atoms with Crippen molar-refractivity contribution in [2.24, 2.45) is 0 Å². The van der Waals surface area contributed by atoms with Crippen LogP contribution in [0.2, 0.25) is 0 Å². The van der Waals surface area contributed by atoms with Crippen LogP contribution < -0.4 is 0 Å². The Bertz CT molecular complexity index is 485. The van der Waals surface area contributed by atoms with Crippen LogP contribution in [-0.2, 0) is 4.74 Å². The summed E-state index contributed by atoms with van der Waals surface area (Å²) in [4.78, 5) is 25.8. The molecule has 2 rings (SSSR count). The van der Waals surface area contributed by atoms with E-state index >= 15 is 0 Å². The summed E-state index contributed by atoms with van der Waals surface area (Å²) in [6.45, 7) is 5.04. The van der Waals surface area contributed by atoms with Gasteiger partial charge in [0.05, 0.1) is 23.6 Å². The van der Waals surface area contributed by atoms with E-state index in [0.29, 0.717) is 18.0 Å². The summed E-state index contributed by atoms with van der Waals surface area (Å²) in [7, 11) is 0. The monoisotopic (exact) mass is 283 g/mol. The standard InChI is InChI=1S/C13H17NO4S/c1-3-9-7-18-8(2)6-14(9)12(15)10-4-5-11(19-10)13(16)17/h4-5,8-9H,3,6-7H2,1-2H3,(H,16,17). The summed E-state index contributed by atoms with van der Waals surface area (Å²) in [5.74, 6) is -1.09. The van der Waals surface area contributed by atoms with E-state index in [1.54, 1.807) is 11.0 Å². The smallest absolute Gasteiger partial charge is 0.345 e. The molecule has 1 aromatic heterocycles. The van der Waals surface area contributed by atoms with Crippen LogP contribution in [0.4, 0.5) is 0 Å². The van der Waals surface area contributed by atoms with Gasteiger partial charge < -0.3 is 14.7 Å². The van der Waals surface area contributed by atoms with E-state index in [2.05, 4.69) is 0 Å². The molecule has 1 amide bonds. The van der Waals surface area contributed by atoms with E-state index in [-0.39, 0.29) is 22.9 Å². The van der Waals surface area contributed by atoms with Gasteiger partial charge in [0, 0.05) is 6.54 Å². The molecule has 5 nitrogen and oxygen atoms in total. The second-order valence-electron chi connectivity index (χ2n) is 4.63. The second-order valence-corrected chi connectivity index (χ2v) is 5.72. The summed E-state index contributed by atoms with van der Waals surface area (Å²) in [6, 6.07) is 3.13. The van der Waals surface area contributed by atoms with Gasteiger partial charge in [-0.15, -0.1) is 11.3 Å². The molecular formula is C13H17NO4S. The number of thiophene rings is 1. The number of hydrogen-bond donors (Lipinski definition) is 1. The third kappa shape index (κ3) is 2.96. The normalized spacial score (nSPS) is 23.4. The SMILES string of the molecule is CCC1COC(C)CN1C(=O)c1ccc(C(=O)O)s1. The third-order valence-corrected chi connectivity index (χ3v) is 4.29. The van der Waals surface area contributed by atoms with Crippen LogP contribution in [0.25, 0.3) is 0 Å². The van der Waals surface area contributed by atoms with Gasteiger partial charge in [0.15, 0.2) is 0 Å². The molecule has 1 N–H and O–H groups in total. The largest absolute Gasteiger partial charge is 0.477 e. The molecule has 2 heterocycles. The van der Waals surface area contributed by atoms with Crippen LogP contribution in [0, 0.1) is 0 Å². The number of carbonyl (C=O) groups is 2. The molecule has 1 aliphatic heterocycles. The minimum absolute atomic E-state index is 0.0191. The number of carbonyl (C=O) groups excluding carboxylic acids is 1. The Labute approximate surface area is 115 Å². The molecule has 1 aliphatic rings. The highest BCUT2D eigenvalue weighted by Crippen LogP contribution is 2.22. The molecule has 0 aromatic carbocycles. The maximum Gasteiger partial charge on any atom is 0.345 e. The summed E-state index contributed by atoms with van der Waals surface area (Å²) in [6.07, 6.45) is 0.848. The van der Waals surface area contributed by atoms with Crippen LogP contribution in [0.3, 0.4) is 0 Å². The van der Waals surface area contributed by atoms with Gasteiger partial charge in [-0.1, -0.05) is 6.92 Å². The lowest BCUT2D eigenvalue weighted by Gasteiger charge is -2.38. The highest BCUT2D eigenvalue weighted by Gasteiger charge is 2.30. The Hall–Kier alpha value is -1.40. The van der Waals surface area contributed by atoms with E-state index in [0.717, 1.165) is 17.8 Å². The lowest BCUT2D eigenvalue weighted by atomic mass is 10.1. The topological polar surface area (TPSA) is 66.8 Å². The highest BCUT2D eigenvalue weighted by molar-refractivity contribution is 7.15. The fraction of sp³-hybridized carbons (Fsp3) is 0.538. The highest BCUT2D eigenvalue weighted by atomic mass is 32.1. The van der Waals surface area contributed by atoms with Crippen molar-refractivity contribution >= 4 is 23.2 Å². The number of ether oxygens (including phenoxy) is 1. The molecule has 0 radical (unpaired) electrons. The fourth-order valence-corrected chi connectivity index (χ4v) is 2.94. The van der Waals surface area contributed by atoms with Crippen molar-refractivity contribution in [1.82, 2.24) is 4.90 Å². The molecule has 104 valence electrons. The zero-order chi connectivity index (χ0) is 14.0. The average molecular weight is 283 g/mol. The minimum atomic E-state index is -0.994. The van der Waals surface area contributed by atoms with E-state index in [9.17, 15) is 9.59 Å². The number of morpholine rings is 1. The van der Waals surface area contributed by atoms with Crippen LogP contribution in [-0.4, -0.2) is 47.2 Å². The molecule has 2 atom stereocenters. The van der Waals surface area contributed by atoms with Crippen molar-refractivity contribution in [2.75, 3.05) is 13.2 Å². The van der Waals surface area contributed by atoms with Crippen molar-refractivity contribution < 1.29 is 19.4 Å². The van der Waals surface area contributed by atoms with E-state index in [1.807, 2.05) is 13.8 Å². The minimum Gasteiger partial charge on any atom is -0.477 e. The number of carboxylic acids is 1. The Kier molecular flexibility index (Phi) is 4.21. The molecule has 19 heavy (non-hydrogen) atoms. The van der Waals surface area contributed by atoms with E-state index in [4.69, 9.17) is 9.84 Å². The number of aromatic carboxylic acids is 1. The van der Waals surface area contributed by atoms with Crippen molar-refractivity contribution in [3.05, 3.63) is 21.9 Å². The van der Waals surface area contributed by atoms with Gasteiger partial charge in [0.2, 0.25) is 0 Å². The molecular weight excluding hydrogens is 266 g/mol. The Morgan fingerprint density at radius 1 is 1.47 bits per heavy atom. The van der Waals surface area contributed by atoms with Gasteiger partial charge in [0.1, 0.15) is 4.88 Å². The Morgan fingerprint density at radius 2 is 2.16 bits per heavy atom. The molecule has 6 heteroatoms. The summed E-state index contributed by atoms with van der Waals surface area (Å²) < 4.78 is 5.56. The van der Waals surface area contributed by atoms with Gasteiger partial charge in [0.25, 0.3) is 5.91 Å². The van der Waals surface area contributed by atoms with Crippen molar-refractivity contribution in [2.45, 2.75) is 32.4 Å². The first kappa shape index (κ1) is 14.0. The van der Waals surface area contributed by atoms with Crippen molar-refractivity contribution in [3.8, 4) is 0 Å². The van der Waals surface area contributed by atoms with Gasteiger partial charge in [-0.05, 0) is 25.5 Å². The average Bonchev–Trinajstić information content (AvgIpc) is 2.87. The molecule has 0 saturated carbocycles. The molecule has 0 spiro atoms. The molecule has 0 aliphatic carbocycles. The number of rotatable bonds is 3. The Morgan fingerprint density at radius 3 is 2.74 bits per heavy atom. The van der Waals surface area contributed by atoms with Crippen molar-refractivity contribution in [1.29, 1.82) is 0 Å². The van der Waals surface area contributed by atoms with Gasteiger partial charge >= 0.3 is 5.97 Å². The molecule has 1 fully saturated rings. The lowest BCUT2D eigenvalue weighted by molar-refractivity contribution is -0.0442. The number of amides is 1. The van der Waals surface area contributed by atoms with Gasteiger partial charge in [-0.2, -0.15) is 0 Å². The third-order valence-electron chi connectivity index (χ3n) is 3.23. The predicted molar refractivity (Wildman–Crippen MR) is 71.8 cm³/mol. The van der Waals surface area contributed by atoms with Crippen LogP contribution in [0.15, 0.2) is 12.1 Å². The number of nitrogens with zero attached hydrogens (tertiary/aromatic N) is 1. The van der Waals surface area contributed by atoms with Crippen LogP contribution in [0.1, 0.15) is 39.6 Å². The maximum absolute atomic E-state index is 12.4. The molecule has 0 bridgehead atoms. The predicted octanol–water partition coefficient (Wildman–Crippen LogP) is 2.09. The lowest BCUT2D eigenvalue weighted by Crippen LogP contribution is -2.51. The van der Waals surface area contributed by atoms with Gasteiger partial charge in [-0.3, -0.25) is 4.79 Å². The fourth-order valence-electron chi connectivity index (χ4n) is 2.14. The number of hydrogen-bond acceptors (Lipinski definition) is 4. The maximum atomic E-state index is 12.4. The van der Waals surface area contributed by atoms with E-state index < -0.39 is 5.97 Å².